The highest BCUT2D eigenvalue weighted by Crippen LogP contribution is 2.35. The summed E-state index contributed by atoms with van der Waals surface area (Å²) in [7, 11) is 4.11. The average molecular weight is 641 g/mol. The van der Waals surface area contributed by atoms with Gasteiger partial charge in [-0.15, -0.1) is 0 Å². The van der Waals surface area contributed by atoms with Gasteiger partial charge in [-0.05, 0) is 97.1 Å². The Balaban J connectivity index is 1.30. The number of halogens is 1. The Morgan fingerprint density at radius 3 is 2.65 bits per heavy atom. The van der Waals surface area contributed by atoms with E-state index in [1.165, 1.54) is 27.7 Å². The smallest absolute Gasteiger partial charge is 0.159 e. The van der Waals surface area contributed by atoms with Crippen LogP contribution in [0.5, 0.6) is 0 Å². The minimum Gasteiger partial charge on any atom is -0.371 e. The molecule has 0 amide bonds. The van der Waals surface area contributed by atoms with Gasteiger partial charge in [0.25, 0.3) is 0 Å². The van der Waals surface area contributed by atoms with Crippen molar-refractivity contribution in [2.75, 3.05) is 32.1 Å². The summed E-state index contributed by atoms with van der Waals surface area (Å²) in [5, 5.41) is 8.63. The molecule has 0 saturated carbocycles. The molecule has 0 aliphatic carbocycles. The van der Waals surface area contributed by atoms with Crippen molar-refractivity contribution < 1.29 is 0 Å². The molecule has 7 rings (SSSR count). The van der Waals surface area contributed by atoms with Crippen LogP contribution >= 0.6 is 22.6 Å². The van der Waals surface area contributed by atoms with Gasteiger partial charge in [-0.3, -0.25) is 10.1 Å². The second-order valence-electron chi connectivity index (χ2n) is 10.7. The van der Waals surface area contributed by atoms with Crippen molar-refractivity contribution in [2.24, 2.45) is 0 Å². The number of para-hydroxylation sites is 1. The molecule has 5 heterocycles. The molecule has 40 heavy (non-hydrogen) atoms. The second kappa shape index (κ2) is 10.3. The molecule has 0 unspecified atom stereocenters. The lowest BCUT2D eigenvalue weighted by Crippen LogP contribution is -2.17. The number of benzene rings is 2. The number of aromatic nitrogens is 6. The first-order valence-electron chi connectivity index (χ1n) is 13.5. The van der Waals surface area contributed by atoms with Crippen LogP contribution in [0.3, 0.4) is 0 Å². The fourth-order valence-corrected chi connectivity index (χ4v) is 6.26. The maximum Gasteiger partial charge on any atom is 0.159 e. The van der Waals surface area contributed by atoms with Crippen LogP contribution in [0.4, 0.5) is 5.69 Å². The van der Waals surface area contributed by atoms with Crippen LogP contribution < -0.4 is 4.90 Å². The number of anilines is 1. The third-order valence-corrected chi connectivity index (χ3v) is 8.07. The summed E-state index contributed by atoms with van der Waals surface area (Å²) < 4.78 is 1.23. The van der Waals surface area contributed by atoms with E-state index in [9.17, 15) is 0 Å². The van der Waals surface area contributed by atoms with Crippen LogP contribution in [-0.4, -0.2) is 62.2 Å². The number of aromatic amines is 2. The molecule has 1 fully saturated rings. The van der Waals surface area contributed by atoms with Gasteiger partial charge >= 0.3 is 0 Å². The molecule has 6 aromatic rings. The molecule has 0 radical (unpaired) electrons. The average Bonchev–Trinajstić information content (AvgIpc) is 3.71. The highest BCUT2D eigenvalue weighted by Gasteiger charge is 2.18. The summed E-state index contributed by atoms with van der Waals surface area (Å²) in [5.41, 5.74) is 10.2. The molecule has 1 saturated heterocycles. The van der Waals surface area contributed by atoms with Crippen molar-refractivity contribution in [1.29, 1.82) is 0 Å². The number of nitrogens with one attached hydrogen (secondary N) is 2. The van der Waals surface area contributed by atoms with E-state index >= 15 is 0 Å². The lowest BCUT2D eigenvalue weighted by Gasteiger charge is -2.19. The molecule has 1 aliphatic rings. The lowest BCUT2D eigenvalue weighted by molar-refractivity contribution is 0.402. The Bertz CT molecular complexity index is 1850. The maximum absolute atomic E-state index is 5.09. The van der Waals surface area contributed by atoms with Gasteiger partial charge in [0.05, 0.1) is 16.4 Å². The van der Waals surface area contributed by atoms with Gasteiger partial charge in [0.15, 0.2) is 11.5 Å². The van der Waals surface area contributed by atoms with Crippen LogP contribution in [0.15, 0.2) is 67.1 Å². The predicted molar refractivity (Wildman–Crippen MR) is 169 cm³/mol. The molecule has 0 atom stereocenters. The van der Waals surface area contributed by atoms with E-state index in [0.29, 0.717) is 0 Å². The zero-order chi connectivity index (χ0) is 27.2. The Labute approximate surface area is 246 Å². The number of hydrogen-bond donors (Lipinski definition) is 2. The fourth-order valence-electron chi connectivity index (χ4n) is 5.60. The van der Waals surface area contributed by atoms with E-state index in [0.717, 1.165) is 75.5 Å². The number of fused-ring (bicyclic) bond motifs is 2. The number of rotatable bonds is 6. The molecule has 2 N–H and O–H groups in total. The first-order valence-corrected chi connectivity index (χ1v) is 14.6. The molecule has 2 aromatic carbocycles. The number of pyridine rings is 2. The first-order chi connectivity index (χ1) is 19.5. The summed E-state index contributed by atoms with van der Waals surface area (Å²) in [6.07, 6.45) is 8.17. The number of nitrogens with zero attached hydrogens (tertiary/aromatic N) is 6. The van der Waals surface area contributed by atoms with Crippen LogP contribution in [0, 0.1) is 3.57 Å². The molecule has 8 nitrogen and oxygen atoms in total. The number of hydrogen-bond acceptors (Lipinski definition) is 6. The summed E-state index contributed by atoms with van der Waals surface area (Å²) in [6, 6.07) is 17.4. The minimum atomic E-state index is 0.720. The summed E-state index contributed by atoms with van der Waals surface area (Å²) >= 11 is 2.42. The topological polar surface area (TPSA) is 89.6 Å². The van der Waals surface area contributed by atoms with Gasteiger partial charge in [0.1, 0.15) is 5.69 Å². The van der Waals surface area contributed by atoms with Crippen LogP contribution in [-0.2, 0) is 6.54 Å². The van der Waals surface area contributed by atoms with Gasteiger partial charge in [-0.1, -0.05) is 12.1 Å². The third-order valence-electron chi connectivity index (χ3n) is 7.45. The van der Waals surface area contributed by atoms with Crippen molar-refractivity contribution >= 4 is 50.3 Å². The maximum atomic E-state index is 5.09. The van der Waals surface area contributed by atoms with E-state index < -0.39 is 0 Å². The number of H-pyrrole nitrogens is 2. The van der Waals surface area contributed by atoms with Crippen molar-refractivity contribution in [3.05, 3.63) is 76.3 Å². The van der Waals surface area contributed by atoms with Crippen molar-refractivity contribution in [3.8, 4) is 33.8 Å². The summed E-state index contributed by atoms with van der Waals surface area (Å²) in [6.45, 7) is 3.07. The quantitative estimate of drug-likeness (QED) is 0.202. The third kappa shape index (κ3) is 4.73. The van der Waals surface area contributed by atoms with Gasteiger partial charge in [0.2, 0.25) is 0 Å². The van der Waals surface area contributed by atoms with E-state index in [-0.39, 0.29) is 0 Å². The van der Waals surface area contributed by atoms with E-state index in [1.807, 2.05) is 18.6 Å². The van der Waals surface area contributed by atoms with Crippen molar-refractivity contribution in [2.45, 2.75) is 19.4 Å². The molecule has 1 aliphatic heterocycles. The summed E-state index contributed by atoms with van der Waals surface area (Å²) in [4.78, 5) is 22.4. The normalized spacial score (nSPS) is 13.8. The van der Waals surface area contributed by atoms with Crippen LogP contribution in [0.2, 0.25) is 0 Å². The molecular weight excluding hydrogens is 611 g/mol. The van der Waals surface area contributed by atoms with E-state index in [2.05, 4.69) is 120 Å². The SMILES string of the molecule is CN(C)Cc1cncc(-c2cnc3[nH]nc(-c4nc5c(-c6cc(I)cc(N7CCCC7)c6)cccc5[nH]4)c3c2)c1. The highest BCUT2D eigenvalue weighted by molar-refractivity contribution is 14.1. The Kier molecular flexibility index (Phi) is 6.47. The first kappa shape index (κ1) is 25.2. The zero-order valence-electron chi connectivity index (χ0n) is 22.4. The molecule has 9 heteroatoms. The van der Waals surface area contributed by atoms with Crippen molar-refractivity contribution in [1.82, 2.24) is 35.0 Å². The van der Waals surface area contributed by atoms with E-state index in [4.69, 9.17) is 4.98 Å². The fraction of sp³-hybridized carbons (Fsp3) is 0.226. The molecule has 4 aromatic heterocycles. The largest absolute Gasteiger partial charge is 0.371 e. The highest BCUT2D eigenvalue weighted by atomic mass is 127. The van der Waals surface area contributed by atoms with Crippen LogP contribution in [0.25, 0.3) is 55.8 Å². The Hall–Kier alpha value is -3.83. The summed E-state index contributed by atoms with van der Waals surface area (Å²) in [5.74, 6) is 0.720. The minimum absolute atomic E-state index is 0.720. The molecule has 200 valence electrons. The van der Waals surface area contributed by atoms with E-state index in [1.54, 1.807) is 0 Å². The van der Waals surface area contributed by atoms with Crippen LogP contribution in [0.1, 0.15) is 18.4 Å². The Morgan fingerprint density at radius 2 is 1.80 bits per heavy atom. The van der Waals surface area contributed by atoms with Gasteiger partial charge in [0, 0.05) is 64.2 Å². The second-order valence-corrected chi connectivity index (χ2v) is 11.9. The molecule has 0 bridgehead atoms. The Morgan fingerprint density at radius 1 is 0.950 bits per heavy atom. The van der Waals surface area contributed by atoms with Gasteiger partial charge in [-0.25, -0.2) is 9.97 Å². The monoisotopic (exact) mass is 640 g/mol. The molecule has 0 spiro atoms. The lowest BCUT2D eigenvalue weighted by atomic mass is 10.0. The van der Waals surface area contributed by atoms with Gasteiger partial charge < -0.3 is 14.8 Å². The van der Waals surface area contributed by atoms with Gasteiger partial charge in [-0.2, -0.15) is 5.10 Å². The van der Waals surface area contributed by atoms with Crippen molar-refractivity contribution in [3.63, 3.8) is 0 Å². The predicted octanol–water partition coefficient (Wildman–Crippen LogP) is 6.50. The zero-order valence-corrected chi connectivity index (χ0v) is 24.6. The standard InChI is InChI=1S/C31H29IN8/c1-39(2)18-19-10-21(16-33-15-19)22-13-26-29(37-38-30(26)34-17-22)31-35-27-7-5-6-25(28(27)36-31)20-11-23(32)14-24(12-20)40-8-3-4-9-40/h5-7,10-17H,3-4,8-9,18H2,1-2H3,(H,35,36)(H,34,37,38). The number of imidazole rings is 1. The molecular formula is C31H29IN8.